The summed E-state index contributed by atoms with van der Waals surface area (Å²) in [5.41, 5.74) is 14.1. The molecule has 0 saturated heterocycles. The molecule has 0 bridgehead atoms. The molecule has 0 fully saturated rings. The minimum Gasteiger partial charge on any atom is -0.497 e. The number of hydrogen-bond donors (Lipinski definition) is 2. The van der Waals surface area contributed by atoms with Crippen molar-refractivity contribution in [3.8, 4) is 5.75 Å². The monoisotopic (exact) mass is 204 g/mol. The highest BCUT2D eigenvalue weighted by Gasteiger charge is 2.03. The van der Waals surface area contributed by atoms with Crippen molar-refractivity contribution in [1.29, 1.82) is 0 Å². The SMILES string of the molecule is C=C(N)/C(N)=C(\C)c1cccc(OC)c1. The number of ether oxygens (including phenoxy) is 1. The van der Waals surface area contributed by atoms with Crippen molar-refractivity contribution in [2.75, 3.05) is 7.11 Å². The summed E-state index contributed by atoms with van der Waals surface area (Å²) in [7, 11) is 1.63. The maximum Gasteiger partial charge on any atom is 0.119 e. The summed E-state index contributed by atoms with van der Waals surface area (Å²) in [4.78, 5) is 0. The van der Waals surface area contributed by atoms with Gasteiger partial charge in [-0.25, -0.2) is 0 Å². The Bertz CT molecular complexity index is 408. The molecule has 1 rings (SSSR count). The fourth-order valence-corrected chi connectivity index (χ4v) is 1.25. The Morgan fingerprint density at radius 3 is 2.53 bits per heavy atom. The Labute approximate surface area is 90.0 Å². The Kier molecular flexibility index (Phi) is 3.39. The third-order valence-electron chi connectivity index (χ3n) is 2.25. The molecule has 0 aliphatic heterocycles. The van der Waals surface area contributed by atoms with Crippen LogP contribution in [0.1, 0.15) is 12.5 Å². The van der Waals surface area contributed by atoms with Crippen LogP contribution in [-0.2, 0) is 0 Å². The molecule has 1 aromatic carbocycles. The average Bonchev–Trinajstić information content (AvgIpc) is 2.27. The highest BCUT2D eigenvalue weighted by Crippen LogP contribution is 2.21. The van der Waals surface area contributed by atoms with Gasteiger partial charge in [-0.2, -0.15) is 0 Å². The Morgan fingerprint density at radius 1 is 1.33 bits per heavy atom. The summed E-state index contributed by atoms with van der Waals surface area (Å²) in [6.45, 7) is 5.51. The highest BCUT2D eigenvalue weighted by atomic mass is 16.5. The summed E-state index contributed by atoms with van der Waals surface area (Å²) in [6.07, 6.45) is 0. The molecule has 0 radical (unpaired) electrons. The van der Waals surface area contributed by atoms with E-state index in [-0.39, 0.29) is 0 Å². The van der Waals surface area contributed by atoms with Crippen LogP contribution in [-0.4, -0.2) is 7.11 Å². The number of nitrogens with two attached hydrogens (primary N) is 2. The first-order chi connectivity index (χ1) is 7.06. The molecular weight excluding hydrogens is 188 g/mol. The van der Waals surface area contributed by atoms with Crippen molar-refractivity contribution < 1.29 is 4.74 Å². The van der Waals surface area contributed by atoms with E-state index in [0.717, 1.165) is 16.9 Å². The fraction of sp³-hybridized carbons (Fsp3) is 0.167. The normalized spacial score (nSPS) is 11.9. The van der Waals surface area contributed by atoms with Crippen molar-refractivity contribution in [3.63, 3.8) is 0 Å². The minimum absolute atomic E-state index is 0.385. The van der Waals surface area contributed by atoms with Crippen LogP contribution in [0, 0.1) is 0 Å². The van der Waals surface area contributed by atoms with Crippen LogP contribution in [0.25, 0.3) is 5.57 Å². The molecule has 0 aromatic heterocycles. The Balaban J connectivity index is 3.16. The molecule has 0 aliphatic rings. The van der Waals surface area contributed by atoms with Crippen LogP contribution in [0.5, 0.6) is 5.75 Å². The highest BCUT2D eigenvalue weighted by molar-refractivity contribution is 5.70. The lowest BCUT2D eigenvalue weighted by molar-refractivity contribution is 0.414. The van der Waals surface area contributed by atoms with Gasteiger partial charge in [0.1, 0.15) is 5.75 Å². The van der Waals surface area contributed by atoms with Crippen molar-refractivity contribution in [1.82, 2.24) is 0 Å². The number of allylic oxidation sites excluding steroid dienone is 1. The van der Waals surface area contributed by atoms with Crippen LogP contribution in [0.2, 0.25) is 0 Å². The molecule has 0 saturated carbocycles. The Morgan fingerprint density at radius 2 is 2.00 bits per heavy atom. The van der Waals surface area contributed by atoms with Crippen molar-refractivity contribution in [2.45, 2.75) is 6.92 Å². The van der Waals surface area contributed by atoms with E-state index in [1.165, 1.54) is 0 Å². The molecule has 0 heterocycles. The van der Waals surface area contributed by atoms with E-state index in [0.29, 0.717) is 11.4 Å². The molecule has 0 atom stereocenters. The molecule has 0 unspecified atom stereocenters. The van der Waals surface area contributed by atoms with Gasteiger partial charge in [0, 0.05) is 5.70 Å². The molecule has 80 valence electrons. The zero-order valence-electron chi connectivity index (χ0n) is 9.08. The van der Waals surface area contributed by atoms with E-state index in [1.807, 2.05) is 31.2 Å². The lowest BCUT2D eigenvalue weighted by Gasteiger charge is -2.08. The molecule has 3 nitrogen and oxygen atoms in total. The van der Waals surface area contributed by atoms with Crippen LogP contribution in [0.4, 0.5) is 0 Å². The van der Waals surface area contributed by atoms with Gasteiger partial charge in [0.25, 0.3) is 0 Å². The van der Waals surface area contributed by atoms with Crippen molar-refractivity contribution >= 4 is 5.57 Å². The second kappa shape index (κ2) is 4.55. The van der Waals surface area contributed by atoms with Gasteiger partial charge in [0.05, 0.1) is 12.8 Å². The molecule has 3 heteroatoms. The predicted molar refractivity (Wildman–Crippen MR) is 63.1 cm³/mol. The molecule has 1 aromatic rings. The lowest BCUT2D eigenvalue weighted by atomic mass is 10.0. The van der Waals surface area contributed by atoms with Gasteiger partial charge in [0.2, 0.25) is 0 Å². The molecule has 0 spiro atoms. The predicted octanol–water partition coefficient (Wildman–Crippen LogP) is 1.86. The first-order valence-electron chi connectivity index (χ1n) is 4.61. The largest absolute Gasteiger partial charge is 0.497 e. The van der Waals surface area contributed by atoms with Gasteiger partial charge in [-0.1, -0.05) is 18.7 Å². The maximum atomic E-state index is 5.80. The zero-order chi connectivity index (χ0) is 11.4. The summed E-state index contributed by atoms with van der Waals surface area (Å²) >= 11 is 0. The standard InChI is InChI=1S/C12H16N2O/c1-8(12(14)9(2)13)10-5-4-6-11(7-10)15-3/h4-7H,2,13-14H2,1,3H3/b12-8-. The second-order valence-corrected chi connectivity index (χ2v) is 3.30. The summed E-state index contributed by atoms with van der Waals surface area (Å²) < 4.78 is 5.13. The molecule has 4 N–H and O–H groups in total. The zero-order valence-corrected chi connectivity index (χ0v) is 9.08. The molecular formula is C12H16N2O. The average molecular weight is 204 g/mol. The van der Waals surface area contributed by atoms with Crippen LogP contribution >= 0.6 is 0 Å². The number of rotatable bonds is 3. The lowest BCUT2D eigenvalue weighted by Crippen LogP contribution is -2.09. The van der Waals surface area contributed by atoms with E-state index >= 15 is 0 Å². The summed E-state index contributed by atoms with van der Waals surface area (Å²) in [5, 5.41) is 0. The van der Waals surface area contributed by atoms with E-state index in [1.54, 1.807) is 7.11 Å². The van der Waals surface area contributed by atoms with Crippen LogP contribution in [0.3, 0.4) is 0 Å². The van der Waals surface area contributed by atoms with Gasteiger partial charge < -0.3 is 16.2 Å². The first-order valence-corrected chi connectivity index (χ1v) is 4.61. The van der Waals surface area contributed by atoms with Crippen LogP contribution < -0.4 is 16.2 Å². The minimum atomic E-state index is 0.385. The topological polar surface area (TPSA) is 61.3 Å². The van der Waals surface area contributed by atoms with E-state index < -0.39 is 0 Å². The number of benzene rings is 1. The Hall–Kier alpha value is -1.90. The van der Waals surface area contributed by atoms with Gasteiger partial charge >= 0.3 is 0 Å². The fourth-order valence-electron chi connectivity index (χ4n) is 1.25. The van der Waals surface area contributed by atoms with Crippen molar-refractivity contribution in [3.05, 3.63) is 47.8 Å². The molecule has 0 amide bonds. The first kappa shape index (κ1) is 11.2. The van der Waals surface area contributed by atoms with Crippen molar-refractivity contribution in [2.24, 2.45) is 11.5 Å². The maximum absolute atomic E-state index is 5.80. The van der Waals surface area contributed by atoms with Gasteiger partial charge in [-0.3, -0.25) is 0 Å². The molecule has 0 aliphatic carbocycles. The third kappa shape index (κ3) is 2.53. The van der Waals surface area contributed by atoms with E-state index in [9.17, 15) is 0 Å². The number of hydrogen-bond acceptors (Lipinski definition) is 3. The van der Waals surface area contributed by atoms with E-state index in [2.05, 4.69) is 6.58 Å². The quantitative estimate of drug-likeness (QED) is 0.739. The molecule has 15 heavy (non-hydrogen) atoms. The van der Waals surface area contributed by atoms with Gasteiger partial charge in [-0.05, 0) is 30.2 Å². The van der Waals surface area contributed by atoms with E-state index in [4.69, 9.17) is 16.2 Å². The number of methoxy groups -OCH3 is 1. The smallest absolute Gasteiger partial charge is 0.119 e. The summed E-state index contributed by atoms with van der Waals surface area (Å²) in [6, 6.07) is 7.65. The van der Waals surface area contributed by atoms with Crippen LogP contribution in [0.15, 0.2) is 42.2 Å². The van der Waals surface area contributed by atoms with Gasteiger partial charge in [-0.15, -0.1) is 0 Å². The van der Waals surface area contributed by atoms with Gasteiger partial charge in [0.15, 0.2) is 0 Å². The summed E-state index contributed by atoms with van der Waals surface area (Å²) in [5.74, 6) is 0.794. The third-order valence-corrected chi connectivity index (χ3v) is 2.25. The second-order valence-electron chi connectivity index (χ2n) is 3.30.